The van der Waals surface area contributed by atoms with Crippen molar-refractivity contribution < 1.29 is 4.74 Å². The van der Waals surface area contributed by atoms with Crippen LogP contribution in [0.1, 0.15) is 0 Å². The zero-order chi connectivity index (χ0) is 7.45. The summed E-state index contributed by atoms with van der Waals surface area (Å²) in [4.78, 5) is 0. The molecule has 0 amide bonds. The SMILES string of the molecule is C#CC1(OC)C=CC=CN1. The number of allylic oxidation sites excluding steroid dienone is 2. The molecule has 1 N–H and O–H groups in total. The molecule has 0 radical (unpaired) electrons. The van der Waals surface area contributed by atoms with Crippen LogP contribution in [0.3, 0.4) is 0 Å². The van der Waals surface area contributed by atoms with Gasteiger partial charge in [-0.2, -0.15) is 0 Å². The van der Waals surface area contributed by atoms with E-state index in [1.54, 1.807) is 19.4 Å². The van der Waals surface area contributed by atoms with Crippen LogP contribution in [0.2, 0.25) is 0 Å². The summed E-state index contributed by atoms with van der Waals surface area (Å²) in [6, 6.07) is 0. The van der Waals surface area contributed by atoms with Crippen LogP contribution in [0.25, 0.3) is 0 Å². The summed E-state index contributed by atoms with van der Waals surface area (Å²) in [5.74, 6) is 2.50. The van der Waals surface area contributed by atoms with Crippen molar-refractivity contribution in [1.29, 1.82) is 0 Å². The smallest absolute Gasteiger partial charge is 0.221 e. The summed E-state index contributed by atoms with van der Waals surface area (Å²) in [5, 5.41) is 2.91. The minimum Gasteiger partial charge on any atom is -0.350 e. The number of methoxy groups -OCH3 is 1. The largest absolute Gasteiger partial charge is 0.350 e. The molecule has 1 aliphatic heterocycles. The van der Waals surface area contributed by atoms with Gasteiger partial charge in [0.25, 0.3) is 0 Å². The lowest BCUT2D eigenvalue weighted by Gasteiger charge is -2.24. The molecule has 0 saturated heterocycles. The molecule has 1 rings (SSSR count). The molecule has 2 heteroatoms. The average Bonchev–Trinajstić information content (AvgIpc) is 2.06. The van der Waals surface area contributed by atoms with E-state index in [2.05, 4.69) is 11.2 Å². The van der Waals surface area contributed by atoms with Gasteiger partial charge < -0.3 is 10.1 Å². The van der Waals surface area contributed by atoms with E-state index in [9.17, 15) is 0 Å². The van der Waals surface area contributed by atoms with E-state index in [0.29, 0.717) is 0 Å². The minimum atomic E-state index is -0.727. The van der Waals surface area contributed by atoms with Crippen LogP contribution >= 0.6 is 0 Å². The molecule has 0 aromatic heterocycles. The van der Waals surface area contributed by atoms with Gasteiger partial charge in [0, 0.05) is 7.11 Å². The van der Waals surface area contributed by atoms with Crippen LogP contribution in [0.4, 0.5) is 0 Å². The standard InChI is InChI=1S/C8H9NO/c1-3-8(10-2)6-4-5-7-9-8/h1,4-7,9H,2H3. The van der Waals surface area contributed by atoms with Crippen molar-refractivity contribution in [1.82, 2.24) is 5.32 Å². The molecule has 0 aromatic carbocycles. The summed E-state index contributed by atoms with van der Waals surface area (Å²) < 4.78 is 5.04. The van der Waals surface area contributed by atoms with Crippen LogP contribution in [-0.2, 0) is 4.74 Å². The topological polar surface area (TPSA) is 21.3 Å². The molecule has 1 aliphatic rings. The third-order valence-corrected chi connectivity index (χ3v) is 1.37. The second-order valence-electron chi connectivity index (χ2n) is 1.95. The Kier molecular flexibility index (Phi) is 1.79. The molecule has 1 atom stereocenters. The zero-order valence-corrected chi connectivity index (χ0v) is 5.79. The minimum absolute atomic E-state index is 0.727. The second-order valence-corrected chi connectivity index (χ2v) is 1.95. The first kappa shape index (κ1) is 6.91. The second kappa shape index (κ2) is 2.59. The summed E-state index contributed by atoms with van der Waals surface area (Å²) in [6.07, 6.45) is 12.5. The molecule has 0 fully saturated rings. The fourth-order valence-corrected chi connectivity index (χ4v) is 0.742. The lowest BCUT2D eigenvalue weighted by molar-refractivity contribution is 0.0640. The highest BCUT2D eigenvalue weighted by atomic mass is 16.5. The highest BCUT2D eigenvalue weighted by Gasteiger charge is 2.21. The Balaban J connectivity index is 2.79. The van der Waals surface area contributed by atoms with E-state index in [4.69, 9.17) is 11.2 Å². The fourth-order valence-electron chi connectivity index (χ4n) is 0.742. The molecule has 52 valence electrons. The van der Waals surface area contributed by atoms with Gasteiger partial charge in [0.1, 0.15) is 0 Å². The summed E-state index contributed by atoms with van der Waals surface area (Å²) in [5.41, 5.74) is -0.727. The molecule has 0 aromatic rings. The molecule has 10 heavy (non-hydrogen) atoms. The summed E-state index contributed by atoms with van der Waals surface area (Å²) in [7, 11) is 1.57. The number of terminal acetylenes is 1. The maximum absolute atomic E-state index is 5.23. The molecular formula is C8H9NO. The summed E-state index contributed by atoms with van der Waals surface area (Å²) in [6.45, 7) is 0. The number of hydrogen-bond acceptors (Lipinski definition) is 2. The Morgan fingerprint density at radius 2 is 2.40 bits per heavy atom. The summed E-state index contributed by atoms with van der Waals surface area (Å²) >= 11 is 0. The van der Waals surface area contributed by atoms with Gasteiger partial charge in [-0.1, -0.05) is 6.08 Å². The number of nitrogens with one attached hydrogen (secondary N) is 1. The third kappa shape index (κ3) is 1.04. The van der Waals surface area contributed by atoms with Crippen molar-refractivity contribution in [3.63, 3.8) is 0 Å². The van der Waals surface area contributed by atoms with Gasteiger partial charge in [-0.3, -0.25) is 0 Å². The van der Waals surface area contributed by atoms with Crippen molar-refractivity contribution in [3.05, 3.63) is 24.4 Å². The van der Waals surface area contributed by atoms with Gasteiger partial charge in [-0.15, -0.1) is 6.42 Å². The van der Waals surface area contributed by atoms with E-state index in [1.807, 2.05) is 12.2 Å². The predicted molar refractivity (Wildman–Crippen MR) is 40.0 cm³/mol. The quantitative estimate of drug-likeness (QED) is 0.532. The van der Waals surface area contributed by atoms with Crippen molar-refractivity contribution >= 4 is 0 Å². The Bertz CT molecular complexity index is 212. The normalized spacial score (nSPS) is 29.2. The molecule has 1 heterocycles. The van der Waals surface area contributed by atoms with E-state index in [1.165, 1.54) is 0 Å². The van der Waals surface area contributed by atoms with E-state index in [-0.39, 0.29) is 0 Å². The Hall–Kier alpha value is -1.20. The van der Waals surface area contributed by atoms with Crippen LogP contribution in [0.5, 0.6) is 0 Å². The lowest BCUT2D eigenvalue weighted by atomic mass is 10.2. The van der Waals surface area contributed by atoms with Crippen LogP contribution in [0, 0.1) is 12.3 Å². The molecule has 1 unspecified atom stereocenters. The van der Waals surface area contributed by atoms with Crippen LogP contribution in [-0.4, -0.2) is 12.8 Å². The molecule has 0 bridgehead atoms. The Morgan fingerprint density at radius 1 is 1.60 bits per heavy atom. The first-order valence-corrected chi connectivity index (χ1v) is 2.98. The van der Waals surface area contributed by atoms with E-state index >= 15 is 0 Å². The van der Waals surface area contributed by atoms with E-state index < -0.39 is 5.72 Å². The van der Waals surface area contributed by atoms with E-state index in [0.717, 1.165) is 0 Å². The third-order valence-electron chi connectivity index (χ3n) is 1.37. The monoisotopic (exact) mass is 135 g/mol. The van der Waals surface area contributed by atoms with Gasteiger partial charge in [-0.25, -0.2) is 0 Å². The highest BCUT2D eigenvalue weighted by molar-refractivity contribution is 5.26. The number of hydrogen-bond donors (Lipinski definition) is 1. The maximum Gasteiger partial charge on any atom is 0.221 e. The number of ether oxygens (including phenoxy) is 1. The molecule has 0 aliphatic carbocycles. The molecular weight excluding hydrogens is 126 g/mol. The first-order chi connectivity index (χ1) is 4.83. The van der Waals surface area contributed by atoms with Crippen LogP contribution in [0.15, 0.2) is 24.4 Å². The number of dihydropyridines is 1. The molecule has 0 saturated carbocycles. The predicted octanol–water partition coefficient (Wildman–Crippen LogP) is 0.635. The van der Waals surface area contributed by atoms with Gasteiger partial charge in [0.2, 0.25) is 5.72 Å². The first-order valence-electron chi connectivity index (χ1n) is 2.98. The van der Waals surface area contributed by atoms with Crippen molar-refractivity contribution in [2.75, 3.05) is 7.11 Å². The van der Waals surface area contributed by atoms with Crippen molar-refractivity contribution in [2.45, 2.75) is 5.72 Å². The average molecular weight is 135 g/mol. The van der Waals surface area contributed by atoms with Gasteiger partial charge >= 0.3 is 0 Å². The molecule has 0 spiro atoms. The lowest BCUT2D eigenvalue weighted by Crippen LogP contribution is -2.41. The van der Waals surface area contributed by atoms with Gasteiger partial charge in [0.05, 0.1) is 0 Å². The van der Waals surface area contributed by atoms with Gasteiger partial charge in [-0.05, 0) is 24.3 Å². The van der Waals surface area contributed by atoms with Crippen molar-refractivity contribution in [3.8, 4) is 12.3 Å². The Morgan fingerprint density at radius 3 is 2.70 bits per heavy atom. The maximum atomic E-state index is 5.23. The fraction of sp³-hybridized carbons (Fsp3) is 0.250. The number of rotatable bonds is 1. The zero-order valence-electron chi connectivity index (χ0n) is 5.79. The Labute approximate surface area is 60.6 Å². The van der Waals surface area contributed by atoms with Crippen molar-refractivity contribution in [2.24, 2.45) is 0 Å². The molecule has 2 nitrogen and oxygen atoms in total. The highest BCUT2D eigenvalue weighted by Crippen LogP contribution is 2.09. The van der Waals surface area contributed by atoms with Gasteiger partial charge in [0.15, 0.2) is 0 Å². The van der Waals surface area contributed by atoms with Crippen LogP contribution < -0.4 is 5.32 Å².